The van der Waals surface area contributed by atoms with Gasteiger partial charge in [0.2, 0.25) is 0 Å². The Morgan fingerprint density at radius 1 is 1.24 bits per heavy atom. The predicted molar refractivity (Wildman–Crippen MR) is 131 cm³/mol. The molecule has 9 nitrogen and oxygen atoms in total. The zero-order valence-electron chi connectivity index (χ0n) is 19.9. The monoisotopic (exact) mass is 487 g/mol. The van der Waals surface area contributed by atoms with Crippen molar-refractivity contribution in [1.29, 1.82) is 5.26 Å². The Bertz CT molecular complexity index is 1060. The summed E-state index contributed by atoms with van der Waals surface area (Å²) in [6, 6.07) is 8.81. The molecule has 0 saturated carbocycles. The summed E-state index contributed by atoms with van der Waals surface area (Å²) in [5, 5.41) is 12.7. The largest absolute Gasteiger partial charge is 0.465 e. The molecule has 10 heteroatoms. The molecule has 1 aromatic heterocycles. The third kappa shape index (κ3) is 7.61. The summed E-state index contributed by atoms with van der Waals surface area (Å²) < 4.78 is 9.98. The molecule has 2 rings (SSSR count). The van der Waals surface area contributed by atoms with Crippen LogP contribution in [0.4, 0.5) is 10.6 Å². The normalized spacial score (nSPS) is 10.9. The van der Waals surface area contributed by atoms with Crippen LogP contribution in [0.25, 0.3) is 11.1 Å². The minimum Gasteiger partial charge on any atom is -0.465 e. The zero-order valence-corrected chi connectivity index (χ0v) is 20.6. The van der Waals surface area contributed by atoms with Crippen LogP contribution in [0.15, 0.2) is 30.5 Å². The first-order chi connectivity index (χ1) is 16.1. The van der Waals surface area contributed by atoms with Crippen LogP contribution >= 0.6 is 11.6 Å². The summed E-state index contributed by atoms with van der Waals surface area (Å²) in [5.74, 6) is -0.0405. The van der Waals surface area contributed by atoms with E-state index < -0.39 is 17.7 Å². The quantitative estimate of drug-likeness (QED) is 0.511. The number of anilines is 1. The lowest BCUT2D eigenvalue weighted by Gasteiger charge is -2.25. The van der Waals surface area contributed by atoms with E-state index in [0.717, 1.165) is 0 Å². The van der Waals surface area contributed by atoms with Crippen molar-refractivity contribution in [3.8, 4) is 17.2 Å². The summed E-state index contributed by atoms with van der Waals surface area (Å²) in [5.41, 5.74) is 7.08. The average molecular weight is 488 g/mol. The second-order valence-electron chi connectivity index (χ2n) is 8.45. The number of carbonyl (C=O) groups excluding carboxylic acids is 2. The molecule has 34 heavy (non-hydrogen) atoms. The molecule has 1 aromatic carbocycles. The van der Waals surface area contributed by atoms with E-state index in [1.807, 2.05) is 4.90 Å². The molecule has 0 saturated heterocycles. The van der Waals surface area contributed by atoms with Crippen LogP contribution in [0.3, 0.4) is 0 Å². The van der Waals surface area contributed by atoms with Gasteiger partial charge in [-0.25, -0.2) is 14.6 Å². The second kappa shape index (κ2) is 12.2. The van der Waals surface area contributed by atoms with Gasteiger partial charge in [0.1, 0.15) is 17.5 Å². The fourth-order valence-electron chi connectivity index (χ4n) is 3.13. The van der Waals surface area contributed by atoms with Crippen molar-refractivity contribution in [3.63, 3.8) is 0 Å². The maximum absolute atomic E-state index is 11.9. The number of nitrogens with one attached hydrogen (secondary N) is 1. The summed E-state index contributed by atoms with van der Waals surface area (Å²) in [6.45, 7) is 7.13. The number of nitrogens with zero attached hydrogens (tertiary/aromatic N) is 3. The van der Waals surface area contributed by atoms with Crippen LogP contribution in [-0.4, -0.2) is 55.9 Å². The number of aromatic nitrogens is 1. The molecule has 1 amide bonds. The minimum atomic E-state index is -0.591. The van der Waals surface area contributed by atoms with Crippen molar-refractivity contribution in [1.82, 2.24) is 10.3 Å². The van der Waals surface area contributed by atoms with Crippen molar-refractivity contribution in [2.45, 2.75) is 32.8 Å². The van der Waals surface area contributed by atoms with Gasteiger partial charge in [-0.1, -0.05) is 17.7 Å². The molecule has 0 aliphatic rings. The van der Waals surface area contributed by atoms with Crippen molar-refractivity contribution >= 4 is 29.5 Å². The van der Waals surface area contributed by atoms with Crippen LogP contribution in [0, 0.1) is 11.3 Å². The van der Waals surface area contributed by atoms with Gasteiger partial charge in [0.05, 0.1) is 23.3 Å². The van der Waals surface area contributed by atoms with E-state index in [0.29, 0.717) is 55.1 Å². The predicted octanol–water partition coefficient (Wildman–Crippen LogP) is 3.74. The highest BCUT2D eigenvalue weighted by Crippen LogP contribution is 2.29. The third-order valence-electron chi connectivity index (χ3n) is 4.68. The number of carbonyl (C=O) groups is 2. The number of rotatable bonds is 9. The molecule has 0 radical (unpaired) electrons. The van der Waals surface area contributed by atoms with E-state index in [4.69, 9.17) is 26.8 Å². The van der Waals surface area contributed by atoms with Crippen LogP contribution in [0.1, 0.15) is 43.1 Å². The van der Waals surface area contributed by atoms with Gasteiger partial charge in [-0.2, -0.15) is 5.26 Å². The lowest BCUT2D eigenvalue weighted by molar-refractivity contribution is 0.0528. The number of nitriles is 1. The number of halogens is 1. The van der Waals surface area contributed by atoms with E-state index >= 15 is 0 Å². The molecule has 182 valence electrons. The fourth-order valence-corrected chi connectivity index (χ4v) is 3.39. The van der Waals surface area contributed by atoms with Crippen LogP contribution in [-0.2, 0) is 9.47 Å². The first kappa shape index (κ1) is 26.9. The number of pyridine rings is 1. The number of amides is 1. The number of methoxy groups -OCH3 is 1. The zero-order chi connectivity index (χ0) is 25.3. The Morgan fingerprint density at radius 2 is 1.97 bits per heavy atom. The van der Waals surface area contributed by atoms with Gasteiger partial charge < -0.3 is 25.4 Å². The van der Waals surface area contributed by atoms with E-state index in [1.165, 1.54) is 7.11 Å². The Morgan fingerprint density at radius 3 is 2.56 bits per heavy atom. The summed E-state index contributed by atoms with van der Waals surface area (Å²) in [7, 11) is 1.29. The van der Waals surface area contributed by atoms with Gasteiger partial charge in [0.15, 0.2) is 0 Å². The highest BCUT2D eigenvalue weighted by molar-refractivity contribution is 6.33. The molecule has 1 heterocycles. The first-order valence-corrected chi connectivity index (χ1v) is 11.2. The summed E-state index contributed by atoms with van der Waals surface area (Å²) in [4.78, 5) is 30.1. The van der Waals surface area contributed by atoms with Gasteiger partial charge in [0, 0.05) is 31.4 Å². The molecular formula is C24H30ClN5O4. The molecule has 2 aromatic rings. The number of esters is 1. The van der Waals surface area contributed by atoms with Gasteiger partial charge in [0.25, 0.3) is 0 Å². The van der Waals surface area contributed by atoms with Crippen LogP contribution in [0.5, 0.6) is 0 Å². The second-order valence-corrected chi connectivity index (χ2v) is 8.86. The van der Waals surface area contributed by atoms with Gasteiger partial charge in [-0.05, 0) is 57.5 Å². The molecule has 0 aliphatic carbocycles. The lowest BCUT2D eigenvalue weighted by atomic mass is 10.0. The smallest absolute Gasteiger partial charge is 0.407 e. The van der Waals surface area contributed by atoms with Crippen LogP contribution in [0.2, 0.25) is 5.02 Å². The molecular weight excluding hydrogens is 458 g/mol. The van der Waals surface area contributed by atoms with Gasteiger partial charge in [-0.15, -0.1) is 0 Å². The standard InChI is InChI=1S/C24H30ClN5O4/c1-24(2,3)34-23(32)28-9-11-30(10-5-8-26)21-17(14-27)12-18(15-29-21)16-6-7-19(20(25)13-16)22(31)33-4/h6-7,12-13,15H,5,8-11,26H2,1-4H3,(H,28,32). The Kier molecular flexibility index (Phi) is 9.66. The molecule has 0 bridgehead atoms. The maximum atomic E-state index is 11.9. The third-order valence-corrected chi connectivity index (χ3v) is 4.99. The Hall–Kier alpha value is -3.35. The maximum Gasteiger partial charge on any atom is 0.407 e. The molecule has 0 unspecified atom stereocenters. The first-order valence-electron chi connectivity index (χ1n) is 10.8. The molecule has 0 atom stereocenters. The van der Waals surface area contributed by atoms with Crippen LogP contribution < -0.4 is 16.0 Å². The van der Waals surface area contributed by atoms with Gasteiger partial charge in [-0.3, -0.25) is 0 Å². The van der Waals surface area contributed by atoms with E-state index in [1.54, 1.807) is 51.2 Å². The molecule has 3 N–H and O–H groups in total. The Balaban J connectivity index is 2.24. The summed E-state index contributed by atoms with van der Waals surface area (Å²) >= 11 is 6.24. The number of benzene rings is 1. The average Bonchev–Trinajstić information content (AvgIpc) is 2.79. The molecule has 0 spiro atoms. The van der Waals surface area contributed by atoms with Crippen molar-refractivity contribution in [2.24, 2.45) is 5.73 Å². The number of alkyl carbamates (subject to hydrolysis) is 1. The summed E-state index contributed by atoms with van der Waals surface area (Å²) in [6.07, 6.45) is 1.81. The van der Waals surface area contributed by atoms with Crippen molar-refractivity contribution in [3.05, 3.63) is 46.6 Å². The molecule has 0 aliphatic heterocycles. The molecule has 0 fully saturated rings. The minimum absolute atomic E-state index is 0.240. The number of hydrogen-bond acceptors (Lipinski definition) is 8. The highest BCUT2D eigenvalue weighted by atomic mass is 35.5. The van der Waals surface area contributed by atoms with Crippen molar-refractivity contribution in [2.75, 3.05) is 38.2 Å². The van der Waals surface area contributed by atoms with Crippen molar-refractivity contribution < 1.29 is 19.1 Å². The number of ether oxygens (including phenoxy) is 2. The van der Waals surface area contributed by atoms with Gasteiger partial charge >= 0.3 is 12.1 Å². The van der Waals surface area contributed by atoms with E-state index in [2.05, 4.69) is 16.4 Å². The van der Waals surface area contributed by atoms with E-state index in [-0.39, 0.29) is 10.6 Å². The lowest BCUT2D eigenvalue weighted by Crippen LogP contribution is -2.39. The topological polar surface area (TPSA) is 131 Å². The Labute approximate surface area is 204 Å². The highest BCUT2D eigenvalue weighted by Gasteiger charge is 2.18. The number of hydrogen-bond donors (Lipinski definition) is 2. The fraction of sp³-hybridized carbons (Fsp3) is 0.417. The SMILES string of the molecule is COC(=O)c1ccc(-c2cnc(N(CCCN)CCNC(=O)OC(C)(C)C)c(C#N)c2)cc1Cl. The number of nitrogens with two attached hydrogens (primary N) is 1. The van der Waals surface area contributed by atoms with E-state index in [9.17, 15) is 14.9 Å².